The van der Waals surface area contributed by atoms with Crippen molar-refractivity contribution in [1.29, 1.82) is 0 Å². The topological polar surface area (TPSA) is 34.1 Å². The summed E-state index contributed by atoms with van der Waals surface area (Å²) in [6.45, 7) is 3.91. The highest BCUT2D eigenvalue weighted by Crippen LogP contribution is 2.48. The Morgan fingerprint density at radius 3 is 2.41 bits per heavy atom. The average Bonchev–Trinajstić information content (AvgIpc) is 2.55. The summed E-state index contributed by atoms with van der Waals surface area (Å²) in [5.41, 5.74) is 4.10. The van der Waals surface area contributed by atoms with Gasteiger partial charge in [-0.2, -0.15) is 0 Å². The molecule has 2 nitrogen and oxygen atoms in total. The summed E-state index contributed by atoms with van der Waals surface area (Å²) in [6, 6.07) is 3.96. The lowest BCUT2D eigenvalue weighted by molar-refractivity contribution is 0.598. The number of sulfone groups is 1. The van der Waals surface area contributed by atoms with Crippen LogP contribution in [0.5, 0.6) is 0 Å². The van der Waals surface area contributed by atoms with Crippen molar-refractivity contribution in [3.8, 4) is 0 Å². The molecule has 1 aliphatic heterocycles. The van der Waals surface area contributed by atoms with Crippen molar-refractivity contribution in [3.63, 3.8) is 0 Å². The fraction of sp³-hybridized carbons (Fsp3) is 0.429. The maximum atomic E-state index is 12.5. The number of aryl methyl sites for hydroxylation is 2. The van der Waals surface area contributed by atoms with Crippen molar-refractivity contribution in [2.45, 2.75) is 44.4 Å². The summed E-state index contributed by atoms with van der Waals surface area (Å²) >= 11 is 0. The molecule has 2 aliphatic rings. The van der Waals surface area contributed by atoms with Gasteiger partial charge in [0.05, 0.1) is 9.80 Å². The van der Waals surface area contributed by atoms with Crippen LogP contribution in [0.2, 0.25) is 0 Å². The molecule has 0 N–H and O–H groups in total. The quantitative estimate of drug-likeness (QED) is 0.705. The molecule has 0 radical (unpaired) electrons. The van der Waals surface area contributed by atoms with Crippen molar-refractivity contribution in [2.24, 2.45) is 0 Å². The maximum Gasteiger partial charge on any atom is 0.203 e. The molecule has 17 heavy (non-hydrogen) atoms. The summed E-state index contributed by atoms with van der Waals surface area (Å²) in [6.07, 6.45) is 3.77. The van der Waals surface area contributed by atoms with Crippen molar-refractivity contribution in [2.75, 3.05) is 0 Å². The SMILES string of the molecule is Cc1ccc(C)c2c1C1=C(CCCC1)S2(=O)=O. The highest BCUT2D eigenvalue weighted by molar-refractivity contribution is 7.96. The lowest BCUT2D eigenvalue weighted by Gasteiger charge is -2.13. The van der Waals surface area contributed by atoms with Crippen molar-refractivity contribution < 1.29 is 8.42 Å². The fourth-order valence-electron chi connectivity index (χ4n) is 3.07. The second kappa shape index (κ2) is 3.45. The Labute approximate surface area is 102 Å². The van der Waals surface area contributed by atoms with E-state index in [1.54, 1.807) is 0 Å². The zero-order chi connectivity index (χ0) is 12.2. The highest BCUT2D eigenvalue weighted by atomic mass is 32.2. The van der Waals surface area contributed by atoms with Gasteiger partial charge in [-0.1, -0.05) is 12.1 Å². The van der Waals surface area contributed by atoms with Gasteiger partial charge in [-0.3, -0.25) is 0 Å². The van der Waals surface area contributed by atoms with E-state index in [9.17, 15) is 8.42 Å². The third kappa shape index (κ3) is 1.35. The number of benzene rings is 1. The minimum Gasteiger partial charge on any atom is -0.219 e. The summed E-state index contributed by atoms with van der Waals surface area (Å²) in [7, 11) is -3.18. The van der Waals surface area contributed by atoms with E-state index in [1.807, 2.05) is 26.0 Å². The Hall–Kier alpha value is -1.09. The first-order valence-corrected chi connectivity index (χ1v) is 7.59. The lowest BCUT2D eigenvalue weighted by atomic mass is 9.90. The van der Waals surface area contributed by atoms with Gasteiger partial charge in [-0.15, -0.1) is 0 Å². The van der Waals surface area contributed by atoms with E-state index in [0.717, 1.165) is 47.9 Å². The molecular formula is C14H16O2S. The molecular weight excluding hydrogens is 232 g/mol. The minimum absolute atomic E-state index is 0.587. The van der Waals surface area contributed by atoms with Crippen molar-refractivity contribution in [1.82, 2.24) is 0 Å². The van der Waals surface area contributed by atoms with Crippen molar-refractivity contribution in [3.05, 3.63) is 33.7 Å². The molecule has 0 saturated heterocycles. The van der Waals surface area contributed by atoms with Crippen LogP contribution in [0.3, 0.4) is 0 Å². The van der Waals surface area contributed by atoms with Crippen LogP contribution in [0.25, 0.3) is 5.57 Å². The van der Waals surface area contributed by atoms with E-state index in [2.05, 4.69) is 0 Å². The van der Waals surface area contributed by atoms with Crippen LogP contribution in [-0.4, -0.2) is 8.42 Å². The number of fused-ring (bicyclic) bond motifs is 2. The Morgan fingerprint density at radius 1 is 1.00 bits per heavy atom. The molecule has 0 amide bonds. The largest absolute Gasteiger partial charge is 0.219 e. The van der Waals surface area contributed by atoms with Crippen LogP contribution in [-0.2, 0) is 9.84 Å². The molecule has 0 bridgehead atoms. The van der Waals surface area contributed by atoms with Crippen LogP contribution in [0.1, 0.15) is 42.4 Å². The maximum absolute atomic E-state index is 12.5. The average molecular weight is 248 g/mol. The van der Waals surface area contributed by atoms with E-state index in [0.29, 0.717) is 9.80 Å². The summed E-state index contributed by atoms with van der Waals surface area (Å²) < 4.78 is 25.1. The minimum atomic E-state index is -3.18. The van der Waals surface area contributed by atoms with E-state index in [-0.39, 0.29) is 0 Å². The molecule has 1 aliphatic carbocycles. The summed E-state index contributed by atoms with van der Waals surface area (Å²) in [4.78, 5) is 1.29. The summed E-state index contributed by atoms with van der Waals surface area (Å²) in [5.74, 6) is 0. The predicted molar refractivity (Wildman–Crippen MR) is 68.5 cm³/mol. The van der Waals surface area contributed by atoms with Crippen LogP contribution in [0.4, 0.5) is 0 Å². The molecule has 0 saturated carbocycles. The zero-order valence-corrected chi connectivity index (χ0v) is 11.0. The van der Waals surface area contributed by atoms with E-state index in [1.165, 1.54) is 0 Å². The first-order valence-electron chi connectivity index (χ1n) is 6.11. The normalized spacial score (nSPS) is 21.3. The van der Waals surface area contributed by atoms with Crippen LogP contribution >= 0.6 is 0 Å². The number of hydrogen-bond acceptors (Lipinski definition) is 2. The van der Waals surface area contributed by atoms with Gasteiger partial charge in [-0.25, -0.2) is 8.42 Å². The Balaban J connectivity index is 2.42. The first-order chi connectivity index (χ1) is 8.03. The van der Waals surface area contributed by atoms with Crippen molar-refractivity contribution >= 4 is 15.4 Å². The standard InChI is InChI=1S/C14H16O2S/c1-9-7-8-10(2)14-13(9)11-5-3-4-6-12(11)17(14,15)16/h7-8H,3-6H2,1-2H3. The number of rotatable bonds is 0. The molecule has 3 rings (SSSR count). The van der Waals surface area contributed by atoms with E-state index < -0.39 is 9.84 Å². The Bertz CT molecular complexity index is 636. The Morgan fingerprint density at radius 2 is 1.65 bits per heavy atom. The van der Waals surface area contributed by atoms with Gasteiger partial charge in [0.25, 0.3) is 0 Å². The highest BCUT2D eigenvalue weighted by Gasteiger charge is 2.38. The molecule has 0 aromatic heterocycles. The van der Waals surface area contributed by atoms with E-state index >= 15 is 0 Å². The molecule has 1 heterocycles. The van der Waals surface area contributed by atoms with Crippen LogP contribution in [0, 0.1) is 13.8 Å². The second-order valence-electron chi connectivity index (χ2n) is 5.02. The van der Waals surface area contributed by atoms with Crippen LogP contribution in [0.15, 0.2) is 21.9 Å². The Kier molecular flexibility index (Phi) is 2.24. The van der Waals surface area contributed by atoms with Gasteiger partial charge in [0.15, 0.2) is 0 Å². The third-order valence-corrected chi connectivity index (χ3v) is 6.04. The molecule has 3 heteroatoms. The van der Waals surface area contributed by atoms with Gasteiger partial charge in [0.1, 0.15) is 0 Å². The smallest absolute Gasteiger partial charge is 0.203 e. The molecule has 0 unspecified atom stereocenters. The monoisotopic (exact) mass is 248 g/mol. The predicted octanol–water partition coefficient (Wildman–Crippen LogP) is 3.38. The number of allylic oxidation sites excluding steroid dienone is 2. The molecule has 90 valence electrons. The molecule has 0 fully saturated rings. The van der Waals surface area contributed by atoms with Crippen LogP contribution < -0.4 is 0 Å². The fourth-order valence-corrected chi connectivity index (χ4v) is 5.30. The van der Waals surface area contributed by atoms with Gasteiger partial charge < -0.3 is 0 Å². The molecule has 0 atom stereocenters. The van der Waals surface area contributed by atoms with Gasteiger partial charge in [-0.05, 0) is 56.2 Å². The lowest BCUT2D eigenvalue weighted by Crippen LogP contribution is -2.04. The molecule has 1 aromatic carbocycles. The molecule has 1 aromatic rings. The second-order valence-corrected chi connectivity index (χ2v) is 6.92. The van der Waals surface area contributed by atoms with E-state index in [4.69, 9.17) is 0 Å². The summed E-state index contributed by atoms with van der Waals surface area (Å²) in [5, 5.41) is 0. The van der Waals surface area contributed by atoms with Gasteiger partial charge >= 0.3 is 0 Å². The third-order valence-electron chi connectivity index (χ3n) is 3.87. The van der Waals surface area contributed by atoms with Gasteiger partial charge in [0.2, 0.25) is 9.84 Å². The first kappa shape index (κ1) is 11.0. The number of hydrogen-bond donors (Lipinski definition) is 0. The molecule has 0 spiro atoms. The zero-order valence-electron chi connectivity index (χ0n) is 10.2. The van der Waals surface area contributed by atoms with Gasteiger partial charge in [0, 0.05) is 5.56 Å².